The normalized spacial score (nSPS) is 9.80. The smallest absolute Gasteiger partial charge is 0.254 e. The van der Waals surface area contributed by atoms with Gasteiger partial charge in [0.15, 0.2) is 12.4 Å². The van der Waals surface area contributed by atoms with Gasteiger partial charge in [-0.1, -0.05) is 12.1 Å². The maximum absolute atomic E-state index is 12.1. The Morgan fingerprint density at radius 2 is 1.85 bits per heavy atom. The summed E-state index contributed by atoms with van der Waals surface area (Å²) in [6.45, 7) is 0.441. The van der Waals surface area contributed by atoms with E-state index in [2.05, 4.69) is 0 Å². The van der Waals surface area contributed by atoms with Crippen LogP contribution in [0.5, 0.6) is 0 Å². The summed E-state index contributed by atoms with van der Waals surface area (Å²) < 4.78 is 0.636. The topological polar surface area (TPSA) is 71.0 Å². The van der Waals surface area contributed by atoms with E-state index in [1.165, 1.54) is 24.5 Å². The first-order valence-corrected chi connectivity index (χ1v) is 6.03. The monoisotopic (exact) mass is 267 g/mol. The van der Waals surface area contributed by atoms with Gasteiger partial charge < -0.3 is 10.1 Å². The number of rotatable bonds is 3. The minimum atomic E-state index is -0.157. The minimum absolute atomic E-state index is 0.157. The van der Waals surface area contributed by atoms with Crippen LogP contribution in [0.25, 0.3) is 0 Å². The first kappa shape index (κ1) is 13.6. The molecule has 5 heteroatoms. The molecule has 0 spiro atoms. The first-order chi connectivity index (χ1) is 9.60. The molecule has 2 aromatic rings. The predicted octanol–water partition coefficient (Wildman–Crippen LogP) is 1.46. The molecule has 1 aromatic heterocycles. The van der Waals surface area contributed by atoms with Gasteiger partial charge in [0.05, 0.1) is 17.2 Å². The van der Waals surface area contributed by atoms with Gasteiger partial charge in [-0.15, -0.1) is 0 Å². The number of hydrogen-bond acceptors (Lipinski definition) is 3. The molecule has 100 valence electrons. The Labute approximate surface area is 116 Å². The molecule has 0 aliphatic heterocycles. The van der Waals surface area contributed by atoms with Crippen molar-refractivity contribution in [2.45, 2.75) is 6.54 Å². The molecule has 0 N–H and O–H groups in total. The van der Waals surface area contributed by atoms with E-state index in [9.17, 15) is 10.0 Å². The zero-order chi connectivity index (χ0) is 14.5. The van der Waals surface area contributed by atoms with E-state index in [4.69, 9.17) is 5.26 Å². The number of carbonyl (C=O) groups excluding carboxylic acids is 1. The van der Waals surface area contributed by atoms with E-state index in [1.807, 2.05) is 18.2 Å². The van der Waals surface area contributed by atoms with Crippen molar-refractivity contribution in [3.8, 4) is 6.07 Å². The van der Waals surface area contributed by atoms with Crippen LogP contribution in [-0.4, -0.2) is 17.9 Å². The molecule has 0 unspecified atom stereocenters. The number of nitrogens with zero attached hydrogens (tertiary/aromatic N) is 3. The highest BCUT2D eigenvalue weighted by atomic mass is 16.5. The molecule has 0 aliphatic carbocycles. The van der Waals surface area contributed by atoms with Crippen LogP contribution in [0.2, 0.25) is 0 Å². The number of benzene rings is 1. The van der Waals surface area contributed by atoms with E-state index >= 15 is 0 Å². The largest absolute Gasteiger partial charge is 0.619 e. The molecule has 1 amide bonds. The van der Waals surface area contributed by atoms with Crippen LogP contribution >= 0.6 is 0 Å². The van der Waals surface area contributed by atoms with Gasteiger partial charge >= 0.3 is 0 Å². The number of pyridine rings is 1. The van der Waals surface area contributed by atoms with Crippen molar-refractivity contribution in [2.24, 2.45) is 0 Å². The lowest BCUT2D eigenvalue weighted by Gasteiger charge is -2.17. The summed E-state index contributed by atoms with van der Waals surface area (Å²) in [6.07, 6.45) is 2.59. The second-order valence-corrected chi connectivity index (χ2v) is 4.42. The van der Waals surface area contributed by atoms with Crippen molar-refractivity contribution in [1.82, 2.24) is 4.90 Å². The van der Waals surface area contributed by atoms with Gasteiger partial charge in [-0.25, -0.2) is 0 Å². The lowest BCUT2D eigenvalue weighted by molar-refractivity contribution is -0.605. The molecule has 0 aliphatic rings. The van der Waals surface area contributed by atoms with Gasteiger partial charge in [-0.05, 0) is 17.7 Å². The summed E-state index contributed by atoms with van der Waals surface area (Å²) in [4.78, 5) is 13.7. The number of aromatic nitrogens is 1. The quantitative estimate of drug-likeness (QED) is 0.624. The van der Waals surface area contributed by atoms with E-state index in [1.54, 1.807) is 24.1 Å². The Kier molecular flexibility index (Phi) is 3.96. The van der Waals surface area contributed by atoms with Crippen LogP contribution in [-0.2, 0) is 6.54 Å². The van der Waals surface area contributed by atoms with Gasteiger partial charge in [0.1, 0.15) is 0 Å². The number of carbonyl (C=O) groups is 1. The van der Waals surface area contributed by atoms with Crippen molar-refractivity contribution in [1.29, 1.82) is 5.26 Å². The number of nitriles is 1. The van der Waals surface area contributed by atoms with Gasteiger partial charge in [-0.3, -0.25) is 4.79 Å². The lowest BCUT2D eigenvalue weighted by Crippen LogP contribution is -2.29. The van der Waals surface area contributed by atoms with Gasteiger partial charge in [0, 0.05) is 25.7 Å². The zero-order valence-electron chi connectivity index (χ0n) is 11.0. The van der Waals surface area contributed by atoms with Gasteiger partial charge in [0.2, 0.25) is 0 Å². The highest BCUT2D eigenvalue weighted by Crippen LogP contribution is 2.09. The SMILES string of the molecule is CN(Cc1ccc(C#N)cc1)C(=O)c1cc[n+]([O-])cc1. The molecule has 1 heterocycles. The van der Waals surface area contributed by atoms with E-state index < -0.39 is 0 Å². The molecular formula is C15H13N3O2. The molecular weight excluding hydrogens is 254 g/mol. The Morgan fingerprint density at radius 3 is 2.40 bits per heavy atom. The van der Waals surface area contributed by atoms with Crippen LogP contribution in [0.1, 0.15) is 21.5 Å². The highest BCUT2D eigenvalue weighted by Gasteiger charge is 2.12. The fraction of sp³-hybridized carbons (Fsp3) is 0.133. The van der Waals surface area contributed by atoms with Crippen LogP contribution < -0.4 is 4.73 Å². The molecule has 1 aromatic carbocycles. The van der Waals surface area contributed by atoms with Crippen molar-refractivity contribution in [3.63, 3.8) is 0 Å². The maximum Gasteiger partial charge on any atom is 0.254 e. The van der Waals surface area contributed by atoms with Gasteiger partial charge in [0.25, 0.3) is 5.91 Å². The summed E-state index contributed by atoms with van der Waals surface area (Å²) in [5, 5.41) is 19.7. The van der Waals surface area contributed by atoms with E-state index in [-0.39, 0.29) is 5.91 Å². The molecule has 2 rings (SSSR count). The number of amides is 1. The summed E-state index contributed by atoms with van der Waals surface area (Å²) in [5.41, 5.74) is 1.99. The third-order valence-corrected chi connectivity index (χ3v) is 2.90. The van der Waals surface area contributed by atoms with Crippen molar-refractivity contribution < 1.29 is 9.52 Å². The standard InChI is InChI=1S/C15H13N3O2/c1-17(11-13-4-2-12(10-16)3-5-13)15(19)14-6-8-18(20)9-7-14/h2-9H,11H2,1H3. The van der Waals surface area contributed by atoms with E-state index in [0.29, 0.717) is 22.4 Å². The van der Waals surface area contributed by atoms with Crippen LogP contribution in [0, 0.1) is 16.5 Å². The molecule has 0 saturated carbocycles. The van der Waals surface area contributed by atoms with Crippen LogP contribution in [0.3, 0.4) is 0 Å². The third kappa shape index (κ3) is 3.12. The average Bonchev–Trinajstić information content (AvgIpc) is 2.48. The maximum atomic E-state index is 12.1. The third-order valence-electron chi connectivity index (χ3n) is 2.90. The van der Waals surface area contributed by atoms with E-state index in [0.717, 1.165) is 5.56 Å². The molecule has 20 heavy (non-hydrogen) atoms. The number of hydrogen-bond donors (Lipinski definition) is 0. The molecule has 0 fully saturated rings. The molecule has 0 saturated heterocycles. The fourth-order valence-corrected chi connectivity index (χ4v) is 1.81. The van der Waals surface area contributed by atoms with Crippen molar-refractivity contribution in [3.05, 3.63) is 70.7 Å². The summed E-state index contributed by atoms with van der Waals surface area (Å²) in [6, 6.07) is 12.1. The Morgan fingerprint density at radius 1 is 1.25 bits per heavy atom. The first-order valence-electron chi connectivity index (χ1n) is 6.03. The Balaban J connectivity index is 2.07. The molecule has 5 nitrogen and oxygen atoms in total. The second kappa shape index (κ2) is 5.85. The summed E-state index contributed by atoms with van der Waals surface area (Å²) in [7, 11) is 1.69. The summed E-state index contributed by atoms with van der Waals surface area (Å²) >= 11 is 0. The molecule has 0 atom stereocenters. The molecule has 0 bridgehead atoms. The Bertz CT molecular complexity index is 642. The summed E-state index contributed by atoms with van der Waals surface area (Å²) in [5.74, 6) is -0.157. The second-order valence-electron chi connectivity index (χ2n) is 4.42. The minimum Gasteiger partial charge on any atom is -0.619 e. The van der Waals surface area contributed by atoms with Gasteiger partial charge in [-0.2, -0.15) is 9.99 Å². The zero-order valence-corrected chi connectivity index (χ0v) is 11.0. The average molecular weight is 267 g/mol. The van der Waals surface area contributed by atoms with Crippen LogP contribution in [0.4, 0.5) is 0 Å². The van der Waals surface area contributed by atoms with Crippen molar-refractivity contribution in [2.75, 3.05) is 7.05 Å². The van der Waals surface area contributed by atoms with Crippen LogP contribution in [0.15, 0.2) is 48.8 Å². The highest BCUT2D eigenvalue weighted by molar-refractivity contribution is 5.93. The lowest BCUT2D eigenvalue weighted by atomic mass is 10.1. The Hall–Kier alpha value is -2.87. The predicted molar refractivity (Wildman–Crippen MR) is 72.4 cm³/mol. The van der Waals surface area contributed by atoms with Crippen molar-refractivity contribution >= 4 is 5.91 Å². The fourth-order valence-electron chi connectivity index (χ4n) is 1.81. The molecule has 0 radical (unpaired) electrons.